The van der Waals surface area contributed by atoms with Gasteiger partial charge in [0.05, 0.1) is 24.9 Å². The molecule has 0 spiro atoms. The van der Waals surface area contributed by atoms with Crippen molar-refractivity contribution in [2.75, 3.05) is 20.2 Å². The number of carbonyl (C=O) groups excluding carboxylic acids is 5. The Bertz CT molecular complexity index is 1070. The van der Waals surface area contributed by atoms with Crippen LogP contribution in [0.15, 0.2) is 30.3 Å². The Labute approximate surface area is 214 Å². The molecule has 4 rings (SSSR count). The molecule has 11 heteroatoms. The summed E-state index contributed by atoms with van der Waals surface area (Å²) >= 11 is 1.17. The standard InChI is InChI=1S/C25H31N3O7S/c1-24(2,3)35-23(33)26-18-10-11-28(20(18)31)25(22(32)34-4)14-27-19(30)17(21(27)36-25)13-16(29)12-15-8-6-5-7-9-15/h5-9,17-18,21H,10-14H2,1-4H3,(H,26,33)/t17-,18-,21?,25-/m1/s1. The fourth-order valence-corrected chi connectivity index (χ4v) is 6.64. The van der Waals surface area contributed by atoms with Crippen molar-refractivity contribution in [3.05, 3.63) is 35.9 Å². The van der Waals surface area contributed by atoms with Crippen molar-refractivity contribution in [2.45, 2.75) is 61.9 Å². The molecule has 194 valence electrons. The summed E-state index contributed by atoms with van der Waals surface area (Å²) < 4.78 is 10.3. The molecule has 0 aromatic heterocycles. The van der Waals surface area contributed by atoms with Crippen LogP contribution in [-0.4, -0.2) is 81.5 Å². The van der Waals surface area contributed by atoms with Gasteiger partial charge in [-0.15, -0.1) is 0 Å². The first-order valence-electron chi connectivity index (χ1n) is 11.9. The number of fused-ring (bicyclic) bond motifs is 1. The van der Waals surface area contributed by atoms with E-state index >= 15 is 0 Å². The molecule has 0 aliphatic carbocycles. The first-order chi connectivity index (χ1) is 16.9. The lowest BCUT2D eigenvalue weighted by Gasteiger charge is -2.41. The minimum atomic E-state index is -1.44. The molecule has 1 N–H and O–H groups in total. The van der Waals surface area contributed by atoms with Crippen LogP contribution in [0.5, 0.6) is 0 Å². The largest absolute Gasteiger partial charge is 0.467 e. The molecular formula is C25H31N3O7S. The number of amides is 3. The first kappa shape index (κ1) is 26.0. The van der Waals surface area contributed by atoms with E-state index < -0.39 is 45.8 Å². The van der Waals surface area contributed by atoms with E-state index in [1.165, 1.54) is 28.7 Å². The second-order valence-corrected chi connectivity index (χ2v) is 11.6. The second kappa shape index (κ2) is 9.76. The number of rotatable bonds is 7. The molecule has 1 aromatic rings. The summed E-state index contributed by atoms with van der Waals surface area (Å²) in [6, 6.07) is 8.45. The van der Waals surface area contributed by atoms with Crippen molar-refractivity contribution in [1.82, 2.24) is 15.1 Å². The molecule has 10 nitrogen and oxygen atoms in total. The van der Waals surface area contributed by atoms with Crippen LogP contribution in [0, 0.1) is 5.92 Å². The molecule has 3 fully saturated rings. The number of likely N-dealkylation sites (tertiary alicyclic amines) is 1. The molecule has 3 aliphatic rings. The molecule has 4 atom stereocenters. The highest BCUT2D eigenvalue weighted by molar-refractivity contribution is 8.02. The van der Waals surface area contributed by atoms with Gasteiger partial charge in [0, 0.05) is 19.4 Å². The second-order valence-electron chi connectivity index (χ2n) is 10.2. The van der Waals surface area contributed by atoms with Gasteiger partial charge in [-0.05, 0) is 32.8 Å². The number of nitrogens with one attached hydrogen (secondary N) is 1. The van der Waals surface area contributed by atoms with Crippen LogP contribution in [0.25, 0.3) is 0 Å². The molecular weight excluding hydrogens is 486 g/mol. The number of thioether (sulfide) groups is 1. The maximum atomic E-state index is 13.3. The summed E-state index contributed by atoms with van der Waals surface area (Å²) in [5.41, 5.74) is 0.153. The monoisotopic (exact) mass is 517 g/mol. The molecule has 36 heavy (non-hydrogen) atoms. The number of carbonyl (C=O) groups is 5. The van der Waals surface area contributed by atoms with Gasteiger partial charge in [0.25, 0.3) is 0 Å². The number of β-lactam (4-membered cyclic amide) rings is 1. The third kappa shape index (κ3) is 4.93. The molecule has 0 saturated carbocycles. The number of hydrogen-bond acceptors (Lipinski definition) is 8. The van der Waals surface area contributed by atoms with E-state index in [9.17, 15) is 24.0 Å². The van der Waals surface area contributed by atoms with Gasteiger partial charge in [0.15, 0.2) is 0 Å². The van der Waals surface area contributed by atoms with E-state index in [1.54, 1.807) is 20.8 Å². The van der Waals surface area contributed by atoms with Crippen molar-refractivity contribution in [3.8, 4) is 0 Å². The lowest BCUT2D eigenvalue weighted by atomic mass is 9.90. The van der Waals surface area contributed by atoms with Crippen LogP contribution >= 0.6 is 11.8 Å². The average Bonchev–Trinajstić information content (AvgIpc) is 3.36. The highest BCUT2D eigenvalue weighted by atomic mass is 32.2. The van der Waals surface area contributed by atoms with Gasteiger partial charge in [-0.3, -0.25) is 14.4 Å². The fraction of sp³-hybridized carbons (Fsp3) is 0.560. The summed E-state index contributed by atoms with van der Waals surface area (Å²) in [7, 11) is 1.24. The quantitative estimate of drug-likeness (QED) is 0.429. The van der Waals surface area contributed by atoms with Gasteiger partial charge in [0.1, 0.15) is 17.4 Å². The number of alkyl carbamates (subject to hydrolysis) is 1. The van der Waals surface area contributed by atoms with Crippen molar-refractivity contribution in [3.63, 3.8) is 0 Å². The number of benzene rings is 1. The predicted molar refractivity (Wildman–Crippen MR) is 131 cm³/mol. The first-order valence-corrected chi connectivity index (χ1v) is 12.8. The molecule has 3 amide bonds. The molecule has 3 aliphatic heterocycles. The number of hydrogen-bond donors (Lipinski definition) is 1. The molecule has 3 heterocycles. The van der Waals surface area contributed by atoms with E-state index in [-0.39, 0.29) is 44.0 Å². The number of esters is 1. The Kier molecular flexibility index (Phi) is 7.05. The molecule has 1 aromatic carbocycles. The number of Topliss-reactive ketones (excluding diaryl/α,β-unsaturated/α-hetero) is 1. The molecule has 0 radical (unpaired) electrons. The van der Waals surface area contributed by atoms with Crippen LogP contribution in [-0.2, 0) is 35.1 Å². The van der Waals surface area contributed by atoms with E-state index in [0.29, 0.717) is 0 Å². The van der Waals surface area contributed by atoms with Crippen LogP contribution in [0.2, 0.25) is 0 Å². The Morgan fingerprint density at radius 3 is 2.47 bits per heavy atom. The zero-order chi connectivity index (χ0) is 26.3. The summed E-state index contributed by atoms with van der Waals surface area (Å²) in [6.45, 7) is 5.34. The van der Waals surface area contributed by atoms with Gasteiger partial charge in [-0.2, -0.15) is 0 Å². The number of ketones is 1. The highest BCUT2D eigenvalue weighted by Gasteiger charge is 2.66. The van der Waals surface area contributed by atoms with Gasteiger partial charge in [-0.25, -0.2) is 9.59 Å². The van der Waals surface area contributed by atoms with E-state index in [2.05, 4.69) is 5.32 Å². The topological polar surface area (TPSA) is 122 Å². The number of nitrogens with zero attached hydrogens (tertiary/aromatic N) is 2. The Balaban J connectivity index is 1.45. The van der Waals surface area contributed by atoms with E-state index in [0.717, 1.165) is 5.56 Å². The Morgan fingerprint density at radius 1 is 1.14 bits per heavy atom. The smallest absolute Gasteiger partial charge is 0.408 e. The zero-order valence-electron chi connectivity index (χ0n) is 20.8. The highest BCUT2D eigenvalue weighted by Crippen LogP contribution is 2.53. The van der Waals surface area contributed by atoms with Crippen molar-refractivity contribution in [1.29, 1.82) is 0 Å². The minimum absolute atomic E-state index is 0.0257. The van der Waals surface area contributed by atoms with Crippen LogP contribution in [0.1, 0.15) is 39.2 Å². The summed E-state index contributed by atoms with van der Waals surface area (Å²) in [6.07, 6.45) is -0.137. The SMILES string of the molecule is COC(=O)[C@@]1(N2CC[C@@H](NC(=O)OC(C)(C)C)C2=O)CN2C(=O)[C@@H](CC(=O)Cc3ccccc3)C2S1. The molecule has 1 unspecified atom stereocenters. The molecule has 3 saturated heterocycles. The molecule has 0 bridgehead atoms. The summed E-state index contributed by atoms with van der Waals surface area (Å²) in [5.74, 6) is -1.92. The van der Waals surface area contributed by atoms with Crippen molar-refractivity contribution in [2.24, 2.45) is 5.92 Å². The average molecular weight is 518 g/mol. The van der Waals surface area contributed by atoms with Crippen molar-refractivity contribution >= 4 is 41.4 Å². The van der Waals surface area contributed by atoms with Gasteiger partial charge in [0.2, 0.25) is 16.7 Å². The van der Waals surface area contributed by atoms with Gasteiger partial charge < -0.3 is 24.6 Å². The van der Waals surface area contributed by atoms with E-state index in [4.69, 9.17) is 9.47 Å². The van der Waals surface area contributed by atoms with Crippen LogP contribution < -0.4 is 5.32 Å². The van der Waals surface area contributed by atoms with Crippen molar-refractivity contribution < 1.29 is 33.4 Å². The normalized spacial score (nSPS) is 27.4. The lowest BCUT2D eigenvalue weighted by molar-refractivity contribution is -0.159. The number of ether oxygens (including phenoxy) is 2. The maximum Gasteiger partial charge on any atom is 0.408 e. The summed E-state index contributed by atoms with van der Waals surface area (Å²) in [5, 5.41) is 2.16. The third-order valence-electron chi connectivity index (χ3n) is 6.48. The van der Waals surface area contributed by atoms with Crippen LogP contribution in [0.3, 0.4) is 0 Å². The summed E-state index contributed by atoms with van der Waals surface area (Å²) in [4.78, 5) is 65.6. The Hall–Kier alpha value is -3.08. The van der Waals surface area contributed by atoms with Gasteiger partial charge >= 0.3 is 12.1 Å². The number of methoxy groups -OCH3 is 1. The third-order valence-corrected chi connectivity index (χ3v) is 8.21. The van der Waals surface area contributed by atoms with E-state index in [1.807, 2.05) is 30.3 Å². The lowest BCUT2D eigenvalue weighted by Crippen LogP contribution is -2.60. The Morgan fingerprint density at radius 2 is 1.83 bits per heavy atom. The maximum absolute atomic E-state index is 13.3. The van der Waals surface area contributed by atoms with Crippen LogP contribution in [0.4, 0.5) is 4.79 Å². The minimum Gasteiger partial charge on any atom is -0.467 e. The zero-order valence-corrected chi connectivity index (χ0v) is 21.6. The van der Waals surface area contributed by atoms with Gasteiger partial charge in [-0.1, -0.05) is 42.1 Å². The predicted octanol–water partition coefficient (Wildman–Crippen LogP) is 1.71. The fourth-order valence-electron chi connectivity index (χ4n) is 4.86.